The van der Waals surface area contributed by atoms with Crippen molar-refractivity contribution in [2.24, 2.45) is 0 Å². The summed E-state index contributed by atoms with van der Waals surface area (Å²) in [7, 11) is 0. The van der Waals surface area contributed by atoms with Gasteiger partial charge in [0.1, 0.15) is 0 Å². The van der Waals surface area contributed by atoms with Crippen molar-refractivity contribution in [1.82, 2.24) is 19.5 Å². The lowest BCUT2D eigenvalue weighted by Gasteiger charge is -2.07. The number of anilines is 1. The molecule has 7 nitrogen and oxygen atoms in total. The number of aryl methyl sites for hydroxylation is 1. The predicted octanol–water partition coefficient (Wildman–Crippen LogP) is 4.83. The second kappa shape index (κ2) is 7.67. The number of aromatic nitrogens is 4. The number of carbonyl (C=O) groups excluding carboxylic acids is 1. The first-order chi connectivity index (χ1) is 14.3. The minimum Gasteiger partial charge on any atom is -0.334 e. The molecule has 0 unspecified atom stereocenters. The lowest BCUT2D eigenvalue weighted by molar-refractivity contribution is -0.137. The van der Waals surface area contributed by atoms with E-state index in [9.17, 15) is 18.0 Å². The Bertz CT molecular complexity index is 1220. The average molecular weight is 431 g/mol. The summed E-state index contributed by atoms with van der Waals surface area (Å²) in [6.07, 6.45) is -4.47. The van der Waals surface area contributed by atoms with Gasteiger partial charge in [-0.25, -0.2) is 0 Å². The van der Waals surface area contributed by atoms with Crippen LogP contribution in [0.3, 0.4) is 0 Å². The number of hydrogen-bond donors (Lipinski definition) is 1. The first-order valence-electron chi connectivity index (χ1n) is 8.53. The minimum absolute atomic E-state index is 0.0854. The fourth-order valence-electron chi connectivity index (χ4n) is 2.66. The Hall–Kier alpha value is -3.60. The summed E-state index contributed by atoms with van der Waals surface area (Å²) in [4.78, 5) is 21.0. The number of nitrogens with zero attached hydrogens (tertiary/aromatic N) is 4. The largest absolute Gasteiger partial charge is 0.416 e. The highest BCUT2D eigenvalue weighted by atomic mass is 32.1. The molecule has 0 aliphatic heterocycles. The third-order valence-electron chi connectivity index (χ3n) is 4.02. The van der Waals surface area contributed by atoms with Crippen molar-refractivity contribution in [3.05, 3.63) is 65.5 Å². The van der Waals surface area contributed by atoms with E-state index in [4.69, 9.17) is 4.52 Å². The molecule has 0 radical (unpaired) electrons. The third kappa shape index (κ3) is 4.06. The molecule has 1 N–H and O–H groups in total. The highest BCUT2D eigenvalue weighted by Crippen LogP contribution is 2.32. The number of rotatable bonds is 4. The molecule has 30 heavy (non-hydrogen) atoms. The quantitative estimate of drug-likeness (QED) is 0.497. The predicted molar refractivity (Wildman–Crippen MR) is 103 cm³/mol. The molecule has 4 aromatic rings. The number of halogens is 3. The van der Waals surface area contributed by atoms with Gasteiger partial charge in [0.2, 0.25) is 5.13 Å². The summed E-state index contributed by atoms with van der Waals surface area (Å²) >= 11 is 0.861. The highest BCUT2D eigenvalue weighted by molar-refractivity contribution is 7.10. The molecular formula is C19H12F3N5O2S. The highest BCUT2D eigenvalue weighted by Gasteiger charge is 2.30. The maximum absolute atomic E-state index is 12.9. The molecule has 0 atom stereocenters. The van der Waals surface area contributed by atoms with E-state index in [2.05, 4.69) is 24.8 Å². The molecule has 0 aliphatic carbocycles. The zero-order chi connectivity index (χ0) is 21.3. The van der Waals surface area contributed by atoms with Crippen molar-refractivity contribution in [3.63, 3.8) is 0 Å². The first-order valence-corrected chi connectivity index (χ1v) is 9.31. The molecule has 2 aromatic carbocycles. The molecule has 2 heterocycles. The average Bonchev–Trinajstić information content (AvgIpc) is 3.36. The molecule has 0 bridgehead atoms. The molecule has 0 saturated carbocycles. The van der Waals surface area contributed by atoms with Crippen LogP contribution in [0.4, 0.5) is 18.3 Å². The summed E-state index contributed by atoms with van der Waals surface area (Å²) in [5, 5.41) is 6.47. The van der Waals surface area contributed by atoms with E-state index < -0.39 is 17.6 Å². The molecule has 0 saturated heterocycles. The molecular weight excluding hydrogens is 419 g/mol. The Balaban J connectivity index is 1.58. The molecule has 0 fully saturated rings. The topological polar surface area (TPSA) is 93.8 Å². The van der Waals surface area contributed by atoms with E-state index in [-0.39, 0.29) is 28.0 Å². The summed E-state index contributed by atoms with van der Waals surface area (Å²) in [5.41, 5.74) is 0.114. The molecule has 152 valence electrons. The monoisotopic (exact) mass is 431 g/mol. The van der Waals surface area contributed by atoms with E-state index in [1.54, 1.807) is 31.2 Å². The molecule has 11 heteroatoms. The van der Waals surface area contributed by atoms with Gasteiger partial charge in [0.25, 0.3) is 11.8 Å². The molecule has 2 aromatic heterocycles. The summed E-state index contributed by atoms with van der Waals surface area (Å²) < 4.78 is 47.9. The Morgan fingerprint density at radius 1 is 1.10 bits per heavy atom. The van der Waals surface area contributed by atoms with Crippen LogP contribution in [0.2, 0.25) is 0 Å². The van der Waals surface area contributed by atoms with Gasteiger partial charge in [-0.2, -0.15) is 27.5 Å². The van der Waals surface area contributed by atoms with Gasteiger partial charge in [-0.3, -0.25) is 10.1 Å². The van der Waals surface area contributed by atoms with Crippen molar-refractivity contribution in [3.8, 4) is 22.8 Å². The van der Waals surface area contributed by atoms with Crippen LogP contribution in [0.25, 0.3) is 22.8 Å². The van der Waals surface area contributed by atoms with E-state index in [1.807, 2.05) is 0 Å². The van der Waals surface area contributed by atoms with Gasteiger partial charge in [0.05, 0.1) is 16.7 Å². The van der Waals surface area contributed by atoms with Crippen LogP contribution in [0, 0.1) is 6.92 Å². The Labute approximate surface area is 171 Å². The standard InChI is InChI=1S/C19H12F3N5O2S/c1-10-23-17(29-26-10)14-8-3-2-7-13(14)16(28)25-18-24-15(27-30-18)11-5-4-6-12(9-11)19(20,21)22/h2-9H,1H3,(H,24,25,27,28). The second-order valence-corrected chi connectivity index (χ2v) is 6.90. The van der Waals surface area contributed by atoms with Crippen LogP contribution < -0.4 is 5.32 Å². The zero-order valence-corrected chi connectivity index (χ0v) is 16.1. The van der Waals surface area contributed by atoms with E-state index in [0.717, 1.165) is 23.7 Å². The van der Waals surface area contributed by atoms with Crippen molar-refractivity contribution in [2.45, 2.75) is 13.1 Å². The van der Waals surface area contributed by atoms with Gasteiger partial charge >= 0.3 is 6.18 Å². The number of alkyl halides is 3. The maximum atomic E-state index is 12.9. The van der Waals surface area contributed by atoms with Crippen molar-refractivity contribution < 1.29 is 22.5 Å². The molecule has 0 aliphatic rings. The lowest BCUT2D eigenvalue weighted by atomic mass is 10.1. The fraction of sp³-hybridized carbons (Fsp3) is 0.105. The lowest BCUT2D eigenvalue weighted by Crippen LogP contribution is -2.13. The van der Waals surface area contributed by atoms with Crippen LogP contribution in [0.15, 0.2) is 53.1 Å². The molecule has 1 amide bonds. The number of benzene rings is 2. The zero-order valence-electron chi connectivity index (χ0n) is 15.3. The molecule has 4 rings (SSSR count). The Morgan fingerprint density at radius 3 is 2.63 bits per heavy atom. The minimum atomic E-state index is -4.47. The van der Waals surface area contributed by atoms with Gasteiger partial charge in [-0.05, 0) is 31.2 Å². The first kappa shape index (κ1) is 19.7. The van der Waals surface area contributed by atoms with Gasteiger partial charge in [0, 0.05) is 17.1 Å². The number of nitrogens with one attached hydrogen (secondary N) is 1. The van der Waals surface area contributed by atoms with Gasteiger partial charge in [0.15, 0.2) is 11.6 Å². The Morgan fingerprint density at radius 2 is 1.90 bits per heavy atom. The van der Waals surface area contributed by atoms with Crippen LogP contribution >= 0.6 is 11.5 Å². The van der Waals surface area contributed by atoms with Crippen molar-refractivity contribution >= 4 is 22.6 Å². The SMILES string of the molecule is Cc1noc(-c2ccccc2C(=O)Nc2nc(-c3cccc(C(F)(F)F)c3)ns2)n1. The second-order valence-electron chi connectivity index (χ2n) is 6.15. The third-order valence-corrected chi connectivity index (χ3v) is 4.65. The van der Waals surface area contributed by atoms with Crippen LogP contribution in [-0.4, -0.2) is 25.4 Å². The van der Waals surface area contributed by atoms with Gasteiger partial charge < -0.3 is 4.52 Å². The Kier molecular flexibility index (Phi) is 5.04. The summed E-state index contributed by atoms with van der Waals surface area (Å²) in [6.45, 7) is 1.66. The van der Waals surface area contributed by atoms with Crippen LogP contribution in [0.1, 0.15) is 21.7 Å². The maximum Gasteiger partial charge on any atom is 0.416 e. The smallest absolute Gasteiger partial charge is 0.334 e. The number of amides is 1. The van der Waals surface area contributed by atoms with Gasteiger partial charge in [-0.15, -0.1) is 0 Å². The van der Waals surface area contributed by atoms with E-state index >= 15 is 0 Å². The number of hydrogen-bond acceptors (Lipinski definition) is 7. The molecule has 0 spiro atoms. The van der Waals surface area contributed by atoms with Crippen LogP contribution in [-0.2, 0) is 6.18 Å². The summed E-state index contributed by atoms with van der Waals surface area (Å²) in [6, 6.07) is 11.3. The normalized spacial score (nSPS) is 11.5. The summed E-state index contributed by atoms with van der Waals surface area (Å²) in [5.74, 6) is 0.214. The fourth-order valence-corrected chi connectivity index (χ4v) is 3.25. The van der Waals surface area contributed by atoms with E-state index in [0.29, 0.717) is 11.4 Å². The number of carbonyl (C=O) groups is 1. The van der Waals surface area contributed by atoms with Crippen molar-refractivity contribution in [1.29, 1.82) is 0 Å². The van der Waals surface area contributed by atoms with Crippen molar-refractivity contribution in [2.75, 3.05) is 5.32 Å². The van der Waals surface area contributed by atoms with E-state index in [1.165, 1.54) is 12.1 Å². The van der Waals surface area contributed by atoms with Crippen LogP contribution in [0.5, 0.6) is 0 Å². The van der Waals surface area contributed by atoms with Gasteiger partial charge in [-0.1, -0.05) is 29.4 Å².